The van der Waals surface area contributed by atoms with Gasteiger partial charge in [0.15, 0.2) is 0 Å². The molecule has 0 spiro atoms. The van der Waals surface area contributed by atoms with Gasteiger partial charge in [-0.3, -0.25) is 0 Å². The molecule has 0 unspecified atom stereocenters. The van der Waals surface area contributed by atoms with Crippen LogP contribution in [0.1, 0.15) is 17.0 Å². The number of allylic oxidation sites excluding steroid dienone is 1. The standard InChI is InChI=1S/C29H19FN4/c30-23-12-13-26-27(15-23)33-29(32-26)21(16-31)14-22-18-34(28-11-4-3-10-25(22)28)17-20-8-5-7-19-6-1-2-9-24(19)20/h1-15,18H,17H2,(H,32,33)/b21-14-. The van der Waals surface area contributed by atoms with Crippen LogP contribution in [0.4, 0.5) is 4.39 Å². The number of fused-ring (bicyclic) bond motifs is 3. The van der Waals surface area contributed by atoms with Gasteiger partial charge in [0.25, 0.3) is 0 Å². The summed E-state index contributed by atoms with van der Waals surface area (Å²) in [5.74, 6) is 0.0793. The summed E-state index contributed by atoms with van der Waals surface area (Å²) < 4.78 is 15.8. The van der Waals surface area contributed by atoms with Crippen LogP contribution in [0.5, 0.6) is 0 Å². The van der Waals surface area contributed by atoms with Gasteiger partial charge in [-0.05, 0) is 46.7 Å². The van der Waals surface area contributed by atoms with Crippen LogP contribution >= 0.6 is 0 Å². The van der Waals surface area contributed by atoms with E-state index in [9.17, 15) is 9.65 Å². The zero-order valence-corrected chi connectivity index (χ0v) is 18.2. The molecule has 5 heteroatoms. The first-order valence-electron chi connectivity index (χ1n) is 11.0. The predicted molar refractivity (Wildman–Crippen MR) is 135 cm³/mol. The van der Waals surface area contributed by atoms with E-state index in [1.165, 1.54) is 28.5 Å². The Morgan fingerprint density at radius 3 is 2.65 bits per heavy atom. The van der Waals surface area contributed by atoms with Crippen LogP contribution in [0.15, 0.2) is 91.1 Å². The van der Waals surface area contributed by atoms with E-state index in [1.54, 1.807) is 6.07 Å². The molecule has 34 heavy (non-hydrogen) atoms. The number of benzene rings is 4. The van der Waals surface area contributed by atoms with Crippen molar-refractivity contribution in [3.63, 3.8) is 0 Å². The van der Waals surface area contributed by atoms with Gasteiger partial charge in [0, 0.05) is 29.2 Å². The second-order valence-corrected chi connectivity index (χ2v) is 8.28. The number of hydrogen-bond donors (Lipinski definition) is 1. The lowest BCUT2D eigenvalue weighted by molar-refractivity contribution is 0.629. The lowest BCUT2D eigenvalue weighted by Crippen LogP contribution is -1.98. The fourth-order valence-corrected chi connectivity index (χ4v) is 4.55. The van der Waals surface area contributed by atoms with Gasteiger partial charge in [-0.15, -0.1) is 0 Å². The number of imidazole rings is 1. The van der Waals surface area contributed by atoms with Crippen LogP contribution in [-0.4, -0.2) is 14.5 Å². The highest BCUT2D eigenvalue weighted by atomic mass is 19.1. The minimum atomic E-state index is -0.346. The third-order valence-corrected chi connectivity index (χ3v) is 6.16. The molecule has 0 aliphatic heterocycles. The number of nitriles is 1. The summed E-state index contributed by atoms with van der Waals surface area (Å²) in [6.07, 6.45) is 3.92. The largest absolute Gasteiger partial charge is 0.342 e. The molecule has 6 rings (SSSR count). The second kappa shape index (κ2) is 8.02. The van der Waals surface area contributed by atoms with Crippen LogP contribution in [0.2, 0.25) is 0 Å². The van der Waals surface area contributed by atoms with Crippen molar-refractivity contribution in [2.45, 2.75) is 6.54 Å². The van der Waals surface area contributed by atoms with E-state index in [4.69, 9.17) is 0 Å². The normalized spacial score (nSPS) is 11.9. The van der Waals surface area contributed by atoms with Gasteiger partial charge in [0.1, 0.15) is 17.7 Å². The number of hydrogen-bond acceptors (Lipinski definition) is 2. The quantitative estimate of drug-likeness (QED) is 0.301. The molecule has 2 aromatic heterocycles. The zero-order chi connectivity index (χ0) is 23.1. The molecule has 1 N–H and O–H groups in total. The van der Waals surface area contributed by atoms with E-state index in [0.717, 1.165) is 16.5 Å². The van der Waals surface area contributed by atoms with E-state index in [2.05, 4.69) is 81.4 Å². The van der Waals surface area contributed by atoms with Crippen molar-refractivity contribution in [2.75, 3.05) is 0 Å². The van der Waals surface area contributed by atoms with Crippen LogP contribution in [-0.2, 0) is 6.54 Å². The Morgan fingerprint density at radius 1 is 0.971 bits per heavy atom. The molecule has 0 saturated carbocycles. The summed E-state index contributed by atoms with van der Waals surface area (Å²) in [4.78, 5) is 7.56. The fourth-order valence-electron chi connectivity index (χ4n) is 4.55. The van der Waals surface area contributed by atoms with Crippen molar-refractivity contribution in [1.82, 2.24) is 14.5 Å². The van der Waals surface area contributed by atoms with Gasteiger partial charge in [-0.25, -0.2) is 9.37 Å². The fraction of sp³-hybridized carbons (Fsp3) is 0.0345. The van der Waals surface area contributed by atoms with Crippen LogP contribution in [0.25, 0.3) is 44.4 Å². The minimum Gasteiger partial charge on any atom is -0.342 e. The maximum absolute atomic E-state index is 13.6. The van der Waals surface area contributed by atoms with E-state index in [-0.39, 0.29) is 5.82 Å². The highest BCUT2D eigenvalue weighted by Gasteiger charge is 2.13. The van der Waals surface area contributed by atoms with E-state index in [0.29, 0.717) is 29.0 Å². The number of nitrogens with zero attached hydrogens (tertiary/aromatic N) is 3. The Hall–Kier alpha value is -4.69. The Kier molecular flexibility index (Phi) is 4.71. The summed E-state index contributed by atoms with van der Waals surface area (Å²) in [5.41, 5.74) is 4.83. The van der Waals surface area contributed by atoms with Crippen molar-refractivity contribution in [3.05, 3.63) is 114 Å². The maximum Gasteiger partial charge on any atom is 0.149 e. The Labute approximate surface area is 195 Å². The Balaban J connectivity index is 1.46. The third-order valence-electron chi connectivity index (χ3n) is 6.16. The minimum absolute atomic E-state index is 0.346. The molecule has 4 nitrogen and oxygen atoms in total. The summed E-state index contributed by atoms with van der Waals surface area (Å²) in [6, 6.07) is 29.5. The monoisotopic (exact) mass is 442 g/mol. The molecule has 0 atom stereocenters. The number of aromatic amines is 1. The van der Waals surface area contributed by atoms with Gasteiger partial charge in [0.05, 0.1) is 16.6 Å². The number of halogens is 1. The van der Waals surface area contributed by atoms with Crippen LogP contribution < -0.4 is 0 Å². The zero-order valence-electron chi connectivity index (χ0n) is 18.2. The molecular weight excluding hydrogens is 423 g/mol. The molecule has 0 aliphatic carbocycles. The van der Waals surface area contributed by atoms with Crippen molar-refractivity contribution >= 4 is 44.4 Å². The number of H-pyrrole nitrogens is 1. The SMILES string of the molecule is N#C/C(=C/c1cn(Cc2cccc3ccccc23)c2ccccc12)c1nc2ccc(F)cc2[nH]1. The van der Waals surface area contributed by atoms with E-state index >= 15 is 0 Å². The summed E-state index contributed by atoms with van der Waals surface area (Å²) in [5, 5.41) is 13.4. The van der Waals surface area contributed by atoms with Crippen molar-refractivity contribution in [3.8, 4) is 6.07 Å². The Morgan fingerprint density at radius 2 is 1.76 bits per heavy atom. The van der Waals surface area contributed by atoms with Crippen LogP contribution in [0, 0.1) is 17.1 Å². The summed E-state index contributed by atoms with van der Waals surface area (Å²) >= 11 is 0. The number of aromatic nitrogens is 3. The molecule has 0 amide bonds. The predicted octanol–water partition coefficient (Wildman–Crippen LogP) is 6.92. The van der Waals surface area contributed by atoms with Crippen LogP contribution in [0.3, 0.4) is 0 Å². The number of nitrogens with one attached hydrogen (secondary N) is 1. The molecule has 0 radical (unpaired) electrons. The first-order chi connectivity index (χ1) is 16.7. The van der Waals surface area contributed by atoms with Gasteiger partial charge in [-0.1, -0.05) is 60.7 Å². The first kappa shape index (κ1) is 20.0. The topological polar surface area (TPSA) is 57.4 Å². The molecule has 162 valence electrons. The van der Waals surface area contributed by atoms with Crippen molar-refractivity contribution in [1.29, 1.82) is 5.26 Å². The van der Waals surface area contributed by atoms with Gasteiger partial charge in [-0.2, -0.15) is 5.26 Å². The highest BCUT2D eigenvalue weighted by molar-refractivity contribution is 5.98. The molecular formula is C29H19FN4. The summed E-state index contributed by atoms with van der Waals surface area (Å²) in [6.45, 7) is 0.710. The smallest absolute Gasteiger partial charge is 0.149 e. The van der Waals surface area contributed by atoms with Crippen molar-refractivity contribution < 1.29 is 4.39 Å². The highest BCUT2D eigenvalue weighted by Crippen LogP contribution is 2.28. The first-order valence-corrected chi connectivity index (χ1v) is 11.0. The lowest BCUT2D eigenvalue weighted by Gasteiger charge is -2.09. The lowest BCUT2D eigenvalue weighted by atomic mass is 10.0. The van der Waals surface area contributed by atoms with Gasteiger partial charge < -0.3 is 9.55 Å². The molecule has 4 aromatic carbocycles. The number of para-hydroxylation sites is 1. The van der Waals surface area contributed by atoms with Gasteiger partial charge in [0.2, 0.25) is 0 Å². The average Bonchev–Trinajstić information content (AvgIpc) is 3.44. The van der Waals surface area contributed by atoms with E-state index in [1.807, 2.05) is 18.2 Å². The molecule has 0 bridgehead atoms. The second-order valence-electron chi connectivity index (χ2n) is 8.28. The van der Waals surface area contributed by atoms with E-state index < -0.39 is 0 Å². The van der Waals surface area contributed by atoms with Crippen molar-refractivity contribution in [2.24, 2.45) is 0 Å². The third kappa shape index (κ3) is 3.42. The maximum atomic E-state index is 13.6. The summed E-state index contributed by atoms with van der Waals surface area (Å²) in [7, 11) is 0. The molecule has 2 heterocycles. The van der Waals surface area contributed by atoms with Gasteiger partial charge >= 0.3 is 0 Å². The molecule has 0 fully saturated rings. The molecule has 0 saturated heterocycles. The molecule has 0 aliphatic rings. The molecule has 6 aromatic rings. The average molecular weight is 442 g/mol. The number of rotatable bonds is 4. The Bertz CT molecular complexity index is 1760.